The highest BCUT2D eigenvalue weighted by atomic mass is 15.1. The Morgan fingerprint density at radius 3 is 1.81 bits per heavy atom. The molecule has 7 rings (SSSR count). The Bertz CT molecular complexity index is 1790. The largest absolute Gasteiger partial charge is 0.288 e. The van der Waals surface area contributed by atoms with Gasteiger partial charge in [-0.1, -0.05) is 91.0 Å². The van der Waals surface area contributed by atoms with E-state index in [1.165, 1.54) is 54.6 Å². The van der Waals surface area contributed by atoms with E-state index in [1.54, 1.807) is 0 Å². The molecule has 2 heteroatoms. The summed E-state index contributed by atoms with van der Waals surface area (Å²) in [4.78, 5) is 0. The fraction of sp³-hybridized carbons (Fsp3) is 0.0333. The first-order valence-corrected chi connectivity index (χ1v) is 11.1. The smallest absolute Gasteiger partial charge is 0.219 e. The van der Waals surface area contributed by atoms with Crippen molar-refractivity contribution < 1.29 is 4.57 Å². The number of fused-ring (bicyclic) bond motifs is 9. The highest BCUT2D eigenvalue weighted by Crippen LogP contribution is 2.35. The molecular formula is C30H21N2+. The number of hydrogen-bond donors (Lipinski definition) is 0. The van der Waals surface area contributed by atoms with Crippen LogP contribution in [0, 0.1) is 0 Å². The zero-order valence-corrected chi connectivity index (χ0v) is 17.6. The minimum Gasteiger partial charge on any atom is -0.219 e. The van der Waals surface area contributed by atoms with Crippen molar-refractivity contribution in [1.29, 1.82) is 0 Å². The molecule has 0 saturated carbocycles. The standard InChI is InChI=1S/C30H21N2/c1-2-10-21(11-3-1)19-31-28-16-8-9-17-29(28)32-20-27-25-15-7-5-13-23(25)22-12-4-6-14-24(22)26(27)18-30(31)32/h1-18,20H,19H2/q+1. The van der Waals surface area contributed by atoms with Crippen molar-refractivity contribution in [3.8, 4) is 0 Å². The van der Waals surface area contributed by atoms with Crippen molar-refractivity contribution in [1.82, 2.24) is 4.40 Å². The molecule has 0 aliphatic carbocycles. The fourth-order valence-corrected chi connectivity index (χ4v) is 5.24. The first kappa shape index (κ1) is 17.5. The molecule has 0 spiro atoms. The van der Waals surface area contributed by atoms with Crippen molar-refractivity contribution in [3.63, 3.8) is 0 Å². The molecule has 2 nitrogen and oxygen atoms in total. The normalized spacial score (nSPS) is 11.9. The predicted octanol–water partition coefficient (Wildman–Crippen LogP) is 6.89. The van der Waals surface area contributed by atoms with Crippen molar-refractivity contribution in [2.75, 3.05) is 0 Å². The van der Waals surface area contributed by atoms with Crippen molar-refractivity contribution in [3.05, 3.63) is 121 Å². The SMILES string of the molecule is c1ccc(C[n+]2c3ccccc3n3cc4c5ccccc5c5ccccc5c4cc32)cc1. The minimum atomic E-state index is 0.842. The van der Waals surface area contributed by atoms with E-state index in [0.29, 0.717) is 0 Å². The van der Waals surface area contributed by atoms with E-state index in [9.17, 15) is 0 Å². The summed E-state index contributed by atoms with van der Waals surface area (Å²) in [6.45, 7) is 0.842. The van der Waals surface area contributed by atoms with E-state index in [2.05, 4.69) is 124 Å². The monoisotopic (exact) mass is 409 g/mol. The molecule has 0 atom stereocenters. The van der Waals surface area contributed by atoms with Crippen LogP contribution in [0.2, 0.25) is 0 Å². The molecule has 0 radical (unpaired) electrons. The number of para-hydroxylation sites is 2. The lowest BCUT2D eigenvalue weighted by Crippen LogP contribution is -2.34. The molecule has 2 aromatic heterocycles. The van der Waals surface area contributed by atoms with Gasteiger partial charge in [0, 0.05) is 16.8 Å². The first-order valence-electron chi connectivity index (χ1n) is 11.1. The van der Waals surface area contributed by atoms with E-state index < -0.39 is 0 Å². The Labute approximate surface area is 185 Å². The van der Waals surface area contributed by atoms with Crippen LogP contribution < -0.4 is 4.57 Å². The summed E-state index contributed by atoms with van der Waals surface area (Å²) >= 11 is 0. The summed E-state index contributed by atoms with van der Waals surface area (Å²) in [5.74, 6) is 0. The molecule has 0 unspecified atom stereocenters. The maximum atomic E-state index is 2.44. The molecule has 32 heavy (non-hydrogen) atoms. The molecule has 7 aromatic rings. The fourth-order valence-electron chi connectivity index (χ4n) is 5.24. The highest BCUT2D eigenvalue weighted by molar-refractivity contribution is 6.25. The van der Waals surface area contributed by atoms with Gasteiger partial charge in [-0.05, 0) is 39.2 Å². The van der Waals surface area contributed by atoms with Gasteiger partial charge in [-0.2, -0.15) is 4.40 Å². The lowest BCUT2D eigenvalue weighted by molar-refractivity contribution is -0.636. The van der Waals surface area contributed by atoms with Crippen molar-refractivity contribution in [2.45, 2.75) is 6.54 Å². The van der Waals surface area contributed by atoms with Crippen molar-refractivity contribution >= 4 is 49.0 Å². The van der Waals surface area contributed by atoms with Crippen LogP contribution in [-0.2, 0) is 6.54 Å². The summed E-state index contributed by atoms with van der Waals surface area (Å²) in [6, 6.07) is 39.4. The van der Waals surface area contributed by atoms with Crippen LogP contribution >= 0.6 is 0 Å². The van der Waals surface area contributed by atoms with Crippen LogP contribution in [0.1, 0.15) is 5.56 Å². The average Bonchev–Trinajstić information content (AvgIpc) is 3.17. The average molecular weight is 410 g/mol. The van der Waals surface area contributed by atoms with Gasteiger partial charge in [0.25, 0.3) is 5.65 Å². The second-order valence-electron chi connectivity index (χ2n) is 8.48. The van der Waals surface area contributed by atoms with Gasteiger partial charge in [0.05, 0.1) is 0 Å². The van der Waals surface area contributed by atoms with E-state index in [0.717, 1.165) is 6.54 Å². The maximum absolute atomic E-state index is 2.44. The number of imidazole rings is 1. The number of hydrogen-bond acceptors (Lipinski definition) is 0. The van der Waals surface area contributed by atoms with Gasteiger partial charge in [0.1, 0.15) is 12.7 Å². The lowest BCUT2D eigenvalue weighted by Gasteiger charge is -2.09. The third kappa shape index (κ3) is 2.44. The van der Waals surface area contributed by atoms with E-state index >= 15 is 0 Å². The lowest BCUT2D eigenvalue weighted by atomic mass is 9.95. The van der Waals surface area contributed by atoms with Crippen LogP contribution in [-0.4, -0.2) is 4.40 Å². The number of pyridine rings is 1. The van der Waals surface area contributed by atoms with Gasteiger partial charge < -0.3 is 0 Å². The molecule has 0 saturated heterocycles. The third-order valence-corrected chi connectivity index (χ3v) is 6.69. The Balaban J connectivity index is 1.68. The van der Waals surface area contributed by atoms with Gasteiger partial charge in [-0.3, -0.25) is 0 Å². The van der Waals surface area contributed by atoms with Crippen LogP contribution in [0.5, 0.6) is 0 Å². The van der Waals surface area contributed by atoms with Crippen molar-refractivity contribution in [2.24, 2.45) is 0 Å². The highest BCUT2D eigenvalue weighted by Gasteiger charge is 2.21. The van der Waals surface area contributed by atoms with Gasteiger partial charge in [-0.15, -0.1) is 0 Å². The summed E-state index contributed by atoms with van der Waals surface area (Å²) in [7, 11) is 0. The maximum Gasteiger partial charge on any atom is 0.288 e. The summed E-state index contributed by atoms with van der Waals surface area (Å²) in [5.41, 5.74) is 5.00. The zero-order chi connectivity index (χ0) is 21.1. The van der Waals surface area contributed by atoms with Crippen LogP contribution in [0.15, 0.2) is 115 Å². The number of nitrogens with zero attached hydrogens (tertiary/aromatic N) is 2. The Morgan fingerprint density at radius 2 is 1.09 bits per heavy atom. The Kier molecular flexibility index (Phi) is 3.65. The topological polar surface area (TPSA) is 8.29 Å². The second-order valence-corrected chi connectivity index (χ2v) is 8.48. The molecule has 5 aromatic carbocycles. The Hall–Kier alpha value is -4.17. The second kappa shape index (κ2) is 6.66. The predicted molar refractivity (Wildman–Crippen MR) is 133 cm³/mol. The third-order valence-electron chi connectivity index (χ3n) is 6.69. The molecule has 0 fully saturated rings. The Morgan fingerprint density at radius 1 is 0.531 bits per heavy atom. The quantitative estimate of drug-likeness (QED) is 0.217. The molecule has 0 amide bonds. The molecule has 150 valence electrons. The van der Waals surface area contributed by atoms with Gasteiger partial charge >= 0.3 is 0 Å². The van der Waals surface area contributed by atoms with Crippen LogP contribution in [0.4, 0.5) is 0 Å². The summed E-state index contributed by atoms with van der Waals surface area (Å²) in [5, 5.41) is 7.82. The zero-order valence-electron chi connectivity index (χ0n) is 17.6. The molecule has 0 bridgehead atoms. The van der Waals surface area contributed by atoms with E-state index in [4.69, 9.17) is 0 Å². The molecule has 0 N–H and O–H groups in total. The summed E-state index contributed by atoms with van der Waals surface area (Å²) < 4.78 is 4.80. The number of benzene rings is 5. The van der Waals surface area contributed by atoms with E-state index in [-0.39, 0.29) is 0 Å². The molecule has 0 aliphatic heterocycles. The van der Waals surface area contributed by atoms with E-state index in [1.807, 2.05) is 0 Å². The summed E-state index contributed by atoms with van der Waals surface area (Å²) in [6.07, 6.45) is 2.34. The van der Waals surface area contributed by atoms with Crippen LogP contribution in [0.3, 0.4) is 0 Å². The minimum absolute atomic E-state index is 0.842. The van der Waals surface area contributed by atoms with Gasteiger partial charge in [0.2, 0.25) is 0 Å². The van der Waals surface area contributed by atoms with Crippen LogP contribution in [0.25, 0.3) is 49.0 Å². The molecular weight excluding hydrogens is 388 g/mol. The molecule has 2 heterocycles. The van der Waals surface area contributed by atoms with Gasteiger partial charge in [0.15, 0.2) is 11.0 Å². The number of aromatic nitrogens is 2. The number of rotatable bonds is 2. The van der Waals surface area contributed by atoms with Gasteiger partial charge in [-0.25, -0.2) is 4.57 Å². The molecule has 0 aliphatic rings. The first-order chi connectivity index (χ1) is 15.9.